The molecule has 1 amide bonds. The van der Waals surface area contributed by atoms with E-state index < -0.39 is 20.0 Å². The number of phosphoric ester groups is 1. The molecule has 0 spiro atoms. The first-order valence-corrected chi connectivity index (χ1v) is 31.6. The fraction of sp³-hybridized carbons (Fsp3) is 0.823. The molecule has 0 bridgehead atoms. The first kappa shape index (κ1) is 69.2. The minimum Gasteiger partial charge on any atom is -0.756 e. The monoisotopic (exact) mass is 1020 g/mol. The van der Waals surface area contributed by atoms with Crippen molar-refractivity contribution in [3.63, 3.8) is 0 Å². The second-order valence-corrected chi connectivity index (χ2v) is 23.1. The van der Waals surface area contributed by atoms with Gasteiger partial charge in [0.05, 0.1) is 39.9 Å². The molecule has 71 heavy (non-hydrogen) atoms. The third-order valence-electron chi connectivity index (χ3n) is 13.5. The molecule has 0 aliphatic rings. The van der Waals surface area contributed by atoms with Crippen LogP contribution < -0.4 is 10.2 Å². The topological polar surface area (TPSA) is 108 Å². The second kappa shape index (κ2) is 53.0. The van der Waals surface area contributed by atoms with Crippen molar-refractivity contribution >= 4 is 13.7 Å². The van der Waals surface area contributed by atoms with E-state index in [9.17, 15) is 19.4 Å². The highest BCUT2D eigenvalue weighted by Gasteiger charge is 2.24. The molecule has 2 N–H and O–H groups in total. The normalized spacial score (nSPS) is 14.3. The Labute approximate surface area is 441 Å². The molecule has 0 aliphatic heterocycles. The summed E-state index contributed by atoms with van der Waals surface area (Å²) in [5.74, 6) is -0.164. The van der Waals surface area contributed by atoms with Crippen LogP contribution >= 0.6 is 7.82 Å². The lowest BCUT2D eigenvalue weighted by Gasteiger charge is -2.30. The maximum atomic E-state index is 12.9. The van der Waals surface area contributed by atoms with Crippen molar-refractivity contribution < 1.29 is 32.9 Å². The lowest BCUT2D eigenvalue weighted by atomic mass is 10.0. The van der Waals surface area contributed by atoms with Crippen molar-refractivity contribution in [1.29, 1.82) is 0 Å². The summed E-state index contributed by atoms with van der Waals surface area (Å²) >= 11 is 0. The summed E-state index contributed by atoms with van der Waals surface area (Å²) in [5, 5.41) is 13.9. The van der Waals surface area contributed by atoms with Crippen LogP contribution in [0.2, 0.25) is 0 Å². The molecule has 0 saturated heterocycles. The molecule has 0 heterocycles. The zero-order valence-electron chi connectivity index (χ0n) is 47.4. The van der Waals surface area contributed by atoms with Crippen molar-refractivity contribution in [2.75, 3.05) is 40.9 Å². The lowest BCUT2D eigenvalue weighted by Crippen LogP contribution is -2.46. The molecule has 0 rings (SSSR count). The number of allylic oxidation sites excluding steroid dienone is 10. The zero-order valence-corrected chi connectivity index (χ0v) is 48.3. The van der Waals surface area contributed by atoms with Gasteiger partial charge in [-0.25, -0.2) is 0 Å². The molecule has 0 aromatic heterocycles. The Balaban J connectivity index is 3.74. The van der Waals surface area contributed by atoms with Gasteiger partial charge in [0.15, 0.2) is 0 Å². The van der Waals surface area contributed by atoms with E-state index in [0.29, 0.717) is 23.9 Å². The van der Waals surface area contributed by atoms with E-state index in [2.05, 4.69) is 79.9 Å². The molecule has 9 heteroatoms. The Kier molecular flexibility index (Phi) is 51.7. The van der Waals surface area contributed by atoms with Gasteiger partial charge in [-0.05, 0) is 57.8 Å². The van der Waals surface area contributed by atoms with Gasteiger partial charge in [0.2, 0.25) is 5.91 Å². The van der Waals surface area contributed by atoms with Crippen LogP contribution in [-0.2, 0) is 18.4 Å². The number of nitrogens with zero attached hydrogens (tertiary/aromatic N) is 1. The summed E-state index contributed by atoms with van der Waals surface area (Å²) in [6.07, 6.45) is 71.7. The van der Waals surface area contributed by atoms with Crippen LogP contribution in [0, 0.1) is 0 Å². The lowest BCUT2D eigenvalue weighted by molar-refractivity contribution is -0.870. The van der Waals surface area contributed by atoms with Gasteiger partial charge < -0.3 is 28.8 Å². The highest BCUT2D eigenvalue weighted by molar-refractivity contribution is 7.45. The van der Waals surface area contributed by atoms with Crippen LogP contribution in [0.5, 0.6) is 0 Å². The van der Waals surface area contributed by atoms with Crippen LogP contribution in [0.15, 0.2) is 60.8 Å². The van der Waals surface area contributed by atoms with E-state index >= 15 is 0 Å². The summed E-state index contributed by atoms with van der Waals surface area (Å²) in [4.78, 5) is 25.4. The van der Waals surface area contributed by atoms with Crippen molar-refractivity contribution in [3.05, 3.63) is 60.8 Å². The smallest absolute Gasteiger partial charge is 0.268 e. The number of carbonyl (C=O) groups excluding carboxylic acids is 1. The number of carbonyl (C=O) groups is 1. The number of unbranched alkanes of at least 4 members (excludes halogenated alkanes) is 32. The van der Waals surface area contributed by atoms with Crippen LogP contribution in [0.1, 0.15) is 277 Å². The summed E-state index contributed by atoms with van der Waals surface area (Å²) < 4.78 is 23.3. The number of aliphatic hydroxyl groups is 1. The molecule has 0 aromatic carbocycles. The van der Waals surface area contributed by atoms with Gasteiger partial charge in [0.25, 0.3) is 7.82 Å². The van der Waals surface area contributed by atoms with Gasteiger partial charge in [-0.1, -0.05) is 274 Å². The predicted octanol–water partition coefficient (Wildman–Crippen LogP) is 17.9. The summed E-state index contributed by atoms with van der Waals surface area (Å²) in [7, 11) is 1.31. The number of nitrogens with one attached hydrogen (secondary N) is 1. The fourth-order valence-corrected chi connectivity index (χ4v) is 9.56. The molecule has 0 fully saturated rings. The van der Waals surface area contributed by atoms with Gasteiger partial charge in [-0.15, -0.1) is 0 Å². The molecule has 3 atom stereocenters. The zero-order chi connectivity index (χ0) is 52.0. The third kappa shape index (κ3) is 55.8. The first-order chi connectivity index (χ1) is 34.5. The summed E-state index contributed by atoms with van der Waals surface area (Å²) in [6, 6.07) is -0.796. The van der Waals surface area contributed by atoms with E-state index in [-0.39, 0.29) is 19.1 Å². The number of phosphoric acid groups is 1. The predicted molar refractivity (Wildman–Crippen MR) is 307 cm³/mol. The number of rotatable bonds is 55. The van der Waals surface area contributed by atoms with Crippen LogP contribution in [-0.4, -0.2) is 68.5 Å². The summed E-state index contributed by atoms with van der Waals surface area (Å²) in [5.41, 5.74) is 0. The van der Waals surface area contributed by atoms with E-state index in [4.69, 9.17) is 9.05 Å². The van der Waals surface area contributed by atoms with E-state index in [1.54, 1.807) is 0 Å². The SMILES string of the molecule is CC/C=C\C/C=C\C/C=C\C/C=C\C/C=C\CCCCCCCCCCCCCCCCCCCCCCCCCCCC(=O)NC(COP(=O)([O-])OCC[N+](C)(C)C)C(O)CCCCCCCCCC. The average Bonchev–Trinajstić information content (AvgIpc) is 3.33. The third-order valence-corrected chi connectivity index (χ3v) is 14.5. The number of hydrogen-bond acceptors (Lipinski definition) is 6. The Morgan fingerprint density at radius 1 is 0.507 bits per heavy atom. The summed E-state index contributed by atoms with van der Waals surface area (Å²) in [6.45, 7) is 4.58. The largest absolute Gasteiger partial charge is 0.756 e. The van der Waals surface area contributed by atoms with Crippen molar-refractivity contribution in [2.45, 2.75) is 289 Å². The Bertz CT molecular complexity index is 1340. The standard InChI is InChI=1S/C62H117N2O6P/c1-6-8-10-12-14-16-17-18-19-20-21-22-23-24-25-26-27-28-29-30-31-32-33-34-35-36-37-38-39-40-41-42-43-44-45-46-47-48-50-52-54-56-62(66)63-60(59-70-71(67,68)69-58-57-64(3,4)5)61(65)55-53-51-49-15-13-11-9-7-2/h8,10,14,16,18-19,21-22,24-25,60-61,65H,6-7,9,11-13,15,17,20,23,26-59H2,1-5H3,(H-,63,66,67,68)/b10-8-,16-14-,19-18-,22-21-,25-24-. The van der Waals surface area contributed by atoms with E-state index in [1.807, 2.05) is 21.1 Å². The van der Waals surface area contributed by atoms with Crippen molar-refractivity contribution in [2.24, 2.45) is 0 Å². The highest BCUT2D eigenvalue weighted by atomic mass is 31.2. The molecular formula is C62H117N2O6P. The molecule has 0 aromatic rings. The van der Waals surface area contributed by atoms with E-state index in [0.717, 1.165) is 70.6 Å². The molecule has 0 aliphatic carbocycles. The van der Waals surface area contributed by atoms with Crippen molar-refractivity contribution in [1.82, 2.24) is 5.32 Å². The number of amides is 1. The highest BCUT2D eigenvalue weighted by Crippen LogP contribution is 2.38. The van der Waals surface area contributed by atoms with Crippen molar-refractivity contribution in [3.8, 4) is 0 Å². The molecule has 416 valence electrons. The van der Waals surface area contributed by atoms with E-state index in [1.165, 1.54) is 180 Å². The Hall–Kier alpha value is -1.80. The molecule has 3 unspecified atom stereocenters. The quantitative estimate of drug-likeness (QED) is 0.0272. The van der Waals surface area contributed by atoms with Gasteiger partial charge in [0.1, 0.15) is 13.2 Å². The second-order valence-electron chi connectivity index (χ2n) is 21.7. The number of quaternary nitrogens is 1. The first-order valence-electron chi connectivity index (χ1n) is 30.1. The van der Waals surface area contributed by atoms with Gasteiger partial charge in [0, 0.05) is 6.42 Å². The minimum absolute atomic E-state index is 0.0129. The number of aliphatic hydroxyl groups excluding tert-OH is 1. The molecule has 8 nitrogen and oxygen atoms in total. The Morgan fingerprint density at radius 3 is 1.25 bits per heavy atom. The maximum Gasteiger partial charge on any atom is 0.268 e. The van der Waals surface area contributed by atoms with Crippen LogP contribution in [0.25, 0.3) is 0 Å². The minimum atomic E-state index is -4.56. The van der Waals surface area contributed by atoms with Gasteiger partial charge >= 0.3 is 0 Å². The fourth-order valence-electron chi connectivity index (χ4n) is 8.83. The molecular weight excluding hydrogens is 900 g/mol. The maximum absolute atomic E-state index is 12.9. The number of hydrogen-bond donors (Lipinski definition) is 2. The Morgan fingerprint density at radius 2 is 0.859 bits per heavy atom. The molecule has 0 radical (unpaired) electrons. The van der Waals surface area contributed by atoms with Crippen LogP contribution in [0.3, 0.4) is 0 Å². The van der Waals surface area contributed by atoms with Crippen LogP contribution in [0.4, 0.5) is 0 Å². The van der Waals surface area contributed by atoms with Gasteiger partial charge in [-0.2, -0.15) is 0 Å². The molecule has 0 saturated carbocycles. The number of likely N-dealkylation sites (N-methyl/N-ethyl adjacent to an activating group) is 1. The average molecular weight is 1020 g/mol. The van der Waals surface area contributed by atoms with Gasteiger partial charge in [-0.3, -0.25) is 9.36 Å².